The lowest BCUT2D eigenvalue weighted by atomic mass is 10.1. The van der Waals surface area contributed by atoms with Crippen LogP contribution >= 0.6 is 0 Å². The monoisotopic (exact) mass is 454 g/mol. The molecule has 1 aliphatic rings. The highest BCUT2D eigenvalue weighted by Gasteiger charge is 2.23. The molecule has 0 saturated carbocycles. The maximum absolute atomic E-state index is 12.8. The van der Waals surface area contributed by atoms with Crippen molar-refractivity contribution in [2.24, 2.45) is 0 Å². The highest BCUT2D eigenvalue weighted by Crippen LogP contribution is 2.23. The minimum absolute atomic E-state index is 0.0233. The number of likely N-dealkylation sites (N-methyl/N-ethyl adjacent to an activating group) is 1. The number of carbonyl (C=O) groups excluding carboxylic acids is 2. The zero-order valence-electron chi connectivity index (χ0n) is 19.8. The SMILES string of the molecule is CCCNC(=O)N(CC)CC(=O)N1CCCN(c2ccc(-c3cccc(OC)c3)nn2)CC1. The third kappa shape index (κ3) is 6.57. The van der Waals surface area contributed by atoms with Crippen LogP contribution in [0.25, 0.3) is 11.3 Å². The zero-order valence-corrected chi connectivity index (χ0v) is 19.8. The van der Waals surface area contributed by atoms with Crippen LogP contribution in [0.5, 0.6) is 5.75 Å². The minimum Gasteiger partial charge on any atom is -0.497 e. The third-order valence-electron chi connectivity index (χ3n) is 5.71. The summed E-state index contributed by atoms with van der Waals surface area (Å²) in [4.78, 5) is 30.6. The van der Waals surface area contributed by atoms with Gasteiger partial charge in [-0.25, -0.2) is 4.79 Å². The fourth-order valence-corrected chi connectivity index (χ4v) is 3.76. The molecule has 9 heteroatoms. The van der Waals surface area contributed by atoms with Crippen LogP contribution in [0.1, 0.15) is 26.7 Å². The van der Waals surface area contributed by atoms with Crippen molar-refractivity contribution in [1.82, 2.24) is 25.3 Å². The van der Waals surface area contributed by atoms with Crippen molar-refractivity contribution < 1.29 is 14.3 Å². The van der Waals surface area contributed by atoms with E-state index in [4.69, 9.17) is 4.74 Å². The Bertz CT molecular complexity index is 921. The topological polar surface area (TPSA) is 90.9 Å². The van der Waals surface area contributed by atoms with Crippen molar-refractivity contribution in [3.8, 4) is 17.0 Å². The molecule has 2 aromatic rings. The van der Waals surface area contributed by atoms with E-state index in [9.17, 15) is 9.59 Å². The van der Waals surface area contributed by atoms with Gasteiger partial charge in [0, 0.05) is 44.8 Å². The highest BCUT2D eigenvalue weighted by molar-refractivity contribution is 5.84. The Labute approximate surface area is 195 Å². The number of urea groups is 1. The normalized spacial score (nSPS) is 13.9. The average Bonchev–Trinajstić information content (AvgIpc) is 3.12. The smallest absolute Gasteiger partial charge is 0.317 e. The number of ether oxygens (including phenoxy) is 1. The number of carbonyl (C=O) groups is 2. The molecule has 1 saturated heterocycles. The number of rotatable bonds is 8. The van der Waals surface area contributed by atoms with Crippen LogP contribution in [0.4, 0.5) is 10.6 Å². The summed E-state index contributed by atoms with van der Waals surface area (Å²) in [6.07, 6.45) is 1.70. The fourth-order valence-electron chi connectivity index (χ4n) is 3.76. The summed E-state index contributed by atoms with van der Waals surface area (Å²) < 4.78 is 5.29. The molecular weight excluding hydrogens is 420 g/mol. The van der Waals surface area contributed by atoms with Gasteiger partial charge in [0.15, 0.2) is 5.82 Å². The molecule has 1 fully saturated rings. The van der Waals surface area contributed by atoms with Crippen LogP contribution in [0.3, 0.4) is 0 Å². The van der Waals surface area contributed by atoms with Crippen molar-refractivity contribution in [1.29, 1.82) is 0 Å². The second kappa shape index (κ2) is 12.0. The first-order valence-corrected chi connectivity index (χ1v) is 11.6. The van der Waals surface area contributed by atoms with Gasteiger partial charge < -0.3 is 24.8 Å². The van der Waals surface area contributed by atoms with E-state index in [1.807, 2.05) is 55.1 Å². The van der Waals surface area contributed by atoms with Crippen LogP contribution in [-0.2, 0) is 4.79 Å². The van der Waals surface area contributed by atoms with Gasteiger partial charge in [-0.1, -0.05) is 19.1 Å². The number of nitrogens with one attached hydrogen (secondary N) is 1. The molecule has 178 valence electrons. The molecule has 1 aromatic carbocycles. The largest absolute Gasteiger partial charge is 0.497 e. The number of anilines is 1. The van der Waals surface area contributed by atoms with Crippen molar-refractivity contribution in [3.63, 3.8) is 0 Å². The van der Waals surface area contributed by atoms with E-state index in [0.717, 1.165) is 42.2 Å². The average molecular weight is 455 g/mol. The van der Waals surface area contributed by atoms with Crippen LogP contribution in [0, 0.1) is 0 Å². The van der Waals surface area contributed by atoms with E-state index in [1.54, 1.807) is 12.0 Å². The summed E-state index contributed by atoms with van der Waals surface area (Å²) in [5, 5.41) is 11.7. The standard InChI is InChI=1S/C24H34N6O3/c1-4-12-25-24(32)28(5-2)18-23(31)30-14-7-13-29(15-16-30)22-11-10-21(26-27-22)19-8-6-9-20(17-19)33-3/h6,8-11,17H,4-5,7,12-16,18H2,1-3H3,(H,25,32). The van der Waals surface area contributed by atoms with Crippen molar-refractivity contribution in [2.45, 2.75) is 26.7 Å². The molecule has 2 heterocycles. The van der Waals surface area contributed by atoms with Gasteiger partial charge in [-0.2, -0.15) is 0 Å². The maximum Gasteiger partial charge on any atom is 0.317 e. The molecule has 33 heavy (non-hydrogen) atoms. The third-order valence-corrected chi connectivity index (χ3v) is 5.71. The summed E-state index contributed by atoms with van der Waals surface area (Å²) in [6, 6.07) is 11.5. The molecule has 0 unspecified atom stereocenters. The van der Waals surface area contributed by atoms with Crippen LogP contribution in [0.15, 0.2) is 36.4 Å². The molecule has 0 aliphatic carbocycles. The number of methoxy groups -OCH3 is 1. The van der Waals surface area contributed by atoms with Gasteiger partial charge >= 0.3 is 6.03 Å². The summed E-state index contributed by atoms with van der Waals surface area (Å²) in [7, 11) is 1.64. The van der Waals surface area contributed by atoms with E-state index in [-0.39, 0.29) is 18.5 Å². The molecule has 3 rings (SSSR count). The van der Waals surface area contributed by atoms with Gasteiger partial charge in [0.05, 0.1) is 12.8 Å². The number of benzene rings is 1. The molecule has 3 amide bonds. The molecular formula is C24H34N6O3. The van der Waals surface area contributed by atoms with Gasteiger partial charge in [-0.15, -0.1) is 10.2 Å². The Hall–Kier alpha value is -3.36. The molecule has 1 aromatic heterocycles. The number of aromatic nitrogens is 2. The van der Waals surface area contributed by atoms with E-state index in [0.29, 0.717) is 32.7 Å². The van der Waals surface area contributed by atoms with E-state index in [2.05, 4.69) is 20.4 Å². The first-order chi connectivity index (χ1) is 16.0. The lowest BCUT2D eigenvalue weighted by Gasteiger charge is -2.26. The predicted molar refractivity (Wildman–Crippen MR) is 128 cm³/mol. The Kier molecular flexibility index (Phi) is 8.86. The number of amides is 3. The van der Waals surface area contributed by atoms with Crippen molar-refractivity contribution in [2.75, 3.05) is 57.8 Å². The summed E-state index contributed by atoms with van der Waals surface area (Å²) in [6.45, 7) is 7.82. The quantitative estimate of drug-likeness (QED) is 0.659. The number of nitrogens with zero attached hydrogens (tertiary/aromatic N) is 5. The molecule has 0 atom stereocenters. The molecule has 0 spiro atoms. The Morgan fingerprint density at radius 2 is 1.94 bits per heavy atom. The second-order valence-electron chi connectivity index (χ2n) is 7.98. The van der Waals surface area contributed by atoms with Gasteiger partial charge in [-0.05, 0) is 44.0 Å². The van der Waals surface area contributed by atoms with Crippen LogP contribution in [0.2, 0.25) is 0 Å². The number of hydrogen-bond acceptors (Lipinski definition) is 6. The summed E-state index contributed by atoms with van der Waals surface area (Å²) in [5.74, 6) is 1.55. The summed E-state index contributed by atoms with van der Waals surface area (Å²) >= 11 is 0. The Morgan fingerprint density at radius 1 is 1.09 bits per heavy atom. The van der Waals surface area contributed by atoms with Gasteiger partial charge in [0.1, 0.15) is 12.3 Å². The van der Waals surface area contributed by atoms with Gasteiger partial charge in [0.25, 0.3) is 0 Å². The first-order valence-electron chi connectivity index (χ1n) is 11.6. The lowest BCUT2D eigenvalue weighted by molar-refractivity contribution is -0.131. The molecule has 0 bridgehead atoms. The number of hydrogen-bond donors (Lipinski definition) is 1. The molecule has 1 aliphatic heterocycles. The highest BCUT2D eigenvalue weighted by atomic mass is 16.5. The van der Waals surface area contributed by atoms with Gasteiger partial charge in [-0.3, -0.25) is 4.79 Å². The van der Waals surface area contributed by atoms with E-state index >= 15 is 0 Å². The second-order valence-corrected chi connectivity index (χ2v) is 7.98. The lowest BCUT2D eigenvalue weighted by Crippen LogP contribution is -2.47. The predicted octanol–water partition coefficient (Wildman–Crippen LogP) is 2.63. The van der Waals surface area contributed by atoms with E-state index in [1.165, 1.54) is 0 Å². The summed E-state index contributed by atoms with van der Waals surface area (Å²) in [5.41, 5.74) is 1.73. The molecule has 1 N–H and O–H groups in total. The molecule has 9 nitrogen and oxygen atoms in total. The minimum atomic E-state index is -0.185. The maximum atomic E-state index is 12.8. The van der Waals surface area contributed by atoms with Gasteiger partial charge in [0.2, 0.25) is 5.91 Å². The fraction of sp³-hybridized carbons (Fsp3) is 0.500. The van der Waals surface area contributed by atoms with E-state index < -0.39 is 0 Å². The van der Waals surface area contributed by atoms with Crippen molar-refractivity contribution in [3.05, 3.63) is 36.4 Å². The Morgan fingerprint density at radius 3 is 2.64 bits per heavy atom. The Balaban J connectivity index is 1.58. The first kappa shape index (κ1) is 24.3. The van der Waals surface area contributed by atoms with Crippen LogP contribution in [-0.4, -0.2) is 84.9 Å². The molecule has 0 radical (unpaired) electrons. The zero-order chi connectivity index (χ0) is 23.6. The van der Waals surface area contributed by atoms with Crippen molar-refractivity contribution >= 4 is 17.8 Å². The van der Waals surface area contributed by atoms with Crippen LogP contribution < -0.4 is 15.0 Å².